The molecule has 0 unspecified atom stereocenters. The van der Waals surface area contributed by atoms with Crippen LogP contribution >= 0.6 is 11.8 Å². The van der Waals surface area contributed by atoms with Crippen molar-refractivity contribution in [1.82, 2.24) is 10.2 Å². The molecule has 1 heterocycles. The van der Waals surface area contributed by atoms with Gasteiger partial charge >= 0.3 is 0 Å². The van der Waals surface area contributed by atoms with Gasteiger partial charge in [-0.25, -0.2) is 0 Å². The van der Waals surface area contributed by atoms with Crippen molar-refractivity contribution < 1.29 is 0 Å². The van der Waals surface area contributed by atoms with E-state index in [9.17, 15) is 0 Å². The molecular weight excluding hydrogens is 230 g/mol. The molecule has 1 aromatic rings. The number of guanidine groups is 1. The highest BCUT2D eigenvalue weighted by Crippen LogP contribution is 2.11. The maximum absolute atomic E-state index is 4.42. The monoisotopic (exact) mass is 249 g/mol. The van der Waals surface area contributed by atoms with Crippen LogP contribution in [0.5, 0.6) is 0 Å². The Labute approximate surface area is 107 Å². The topological polar surface area (TPSA) is 27.6 Å². The second kappa shape index (κ2) is 5.96. The van der Waals surface area contributed by atoms with Crippen LogP contribution in [0.2, 0.25) is 0 Å². The second-order valence-electron chi connectivity index (χ2n) is 4.23. The van der Waals surface area contributed by atoms with Gasteiger partial charge in [-0.15, -0.1) is 0 Å². The van der Waals surface area contributed by atoms with Gasteiger partial charge in [0.1, 0.15) is 0 Å². The van der Waals surface area contributed by atoms with Crippen molar-refractivity contribution in [1.29, 1.82) is 0 Å². The Bertz CT molecular complexity index is 403. The third-order valence-corrected chi connectivity index (χ3v) is 3.43. The lowest BCUT2D eigenvalue weighted by Gasteiger charge is -2.15. The Morgan fingerprint density at radius 1 is 1.41 bits per heavy atom. The van der Waals surface area contributed by atoms with Gasteiger partial charge < -0.3 is 10.2 Å². The molecule has 0 bridgehead atoms. The van der Waals surface area contributed by atoms with Crippen molar-refractivity contribution in [2.75, 3.05) is 26.4 Å². The SMILES string of the molecule is CSCc1cccc(CNC2=NCCN2C)c1. The van der Waals surface area contributed by atoms with E-state index in [-0.39, 0.29) is 0 Å². The van der Waals surface area contributed by atoms with Crippen LogP contribution in [0, 0.1) is 0 Å². The van der Waals surface area contributed by atoms with E-state index in [4.69, 9.17) is 0 Å². The molecule has 0 saturated carbocycles. The average molecular weight is 249 g/mol. The van der Waals surface area contributed by atoms with Crippen molar-refractivity contribution in [3.63, 3.8) is 0 Å². The lowest BCUT2D eigenvalue weighted by atomic mass is 10.1. The molecule has 3 nitrogen and oxygen atoms in total. The summed E-state index contributed by atoms with van der Waals surface area (Å²) in [4.78, 5) is 6.58. The highest BCUT2D eigenvalue weighted by Gasteiger charge is 2.11. The summed E-state index contributed by atoms with van der Waals surface area (Å²) < 4.78 is 0. The van der Waals surface area contributed by atoms with Crippen LogP contribution in [0.3, 0.4) is 0 Å². The van der Waals surface area contributed by atoms with Gasteiger partial charge in [-0.3, -0.25) is 4.99 Å². The van der Waals surface area contributed by atoms with Gasteiger partial charge in [0, 0.05) is 25.9 Å². The first kappa shape index (κ1) is 12.3. The van der Waals surface area contributed by atoms with Crippen molar-refractivity contribution in [2.24, 2.45) is 4.99 Å². The summed E-state index contributed by atoms with van der Waals surface area (Å²) >= 11 is 1.85. The largest absolute Gasteiger partial charge is 0.352 e. The molecule has 1 aliphatic heterocycles. The molecule has 1 N–H and O–H groups in total. The summed E-state index contributed by atoms with van der Waals surface area (Å²) in [5, 5.41) is 3.39. The molecule has 1 aliphatic rings. The molecule has 0 atom stereocenters. The summed E-state index contributed by atoms with van der Waals surface area (Å²) in [6, 6.07) is 8.73. The molecule has 0 saturated heterocycles. The zero-order chi connectivity index (χ0) is 12.1. The molecule has 92 valence electrons. The molecule has 2 rings (SSSR count). The molecule has 4 heteroatoms. The average Bonchev–Trinajstić information content (AvgIpc) is 2.73. The zero-order valence-corrected chi connectivity index (χ0v) is 11.3. The third-order valence-electron chi connectivity index (χ3n) is 2.81. The van der Waals surface area contributed by atoms with Gasteiger partial charge in [0.2, 0.25) is 0 Å². The van der Waals surface area contributed by atoms with Crippen molar-refractivity contribution >= 4 is 17.7 Å². The van der Waals surface area contributed by atoms with Gasteiger partial charge in [0.25, 0.3) is 0 Å². The first-order chi connectivity index (χ1) is 8.29. The second-order valence-corrected chi connectivity index (χ2v) is 5.10. The standard InChI is InChI=1S/C13H19N3S/c1-16-7-6-14-13(16)15-9-11-4-3-5-12(8-11)10-17-2/h3-5,8H,6-7,9-10H2,1-2H3,(H,14,15). The zero-order valence-electron chi connectivity index (χ0n) is 10.4. The maximum atomic E-state index is 4.42. The van der Waals surface area contributed by atoms with Crippen molar-refractivity contribution in [3.05, 3.63) is 35.4 Å². The number of nitrogens with zero attached hydrogens (tertiary/aromatic N) is 2. The first-order valence-electron chi connectivity index (χ1n) is 5.86. The van der Waals surface area contributed by atoms with Crippen LogP contribution < -0.4 is 5.32 Å². The number of likely N-dealkylation sites (N-methyl/N-ethyl adjacent to an activating group) is 1. The summed E-state index contributed by atoms with van der Waals surface area (Å²) in [5.74, 6) is 2.09. The van der Waals surface area contributed by atoms with Gasteiger partial charge in [0.15, 0.2) is 5.96 Å². The molecule has 0 aliphatic carbocycles. The van der Waals surface area contributed by atoms with E-state index in [1.165, 1.54) is 11.1 Å². The molecule has 0 radical (unpaired) electrons. The molecule has 17 heavy (non-hydrogen) atoms. The Balaban J connectivity index is 1.92. The van der Waals surface area contributed by atoms with Crippen LogP contribution in [0.1, 0.15) is 11.1 Å². The van der Waals surface area contributed by atoms with Crippen LogP contribution in [0.4, 0.5) is 0 Å². The predicted octanol–water partition coefficient (Wildman–Crippen LogP) is 1.94. The summed E-state index contributed by atoms with van der Waals surface area (Å²) in [5.41, 5.74) is 2.71. The van der Waals surface area contributed by atoms with Crippen LogP contribution in [-0.4, -0.2) is 37.3 Å². The minimum atomic E-state index is 0.853. The molecule has 0 amide bonds. The fourth-order valence-electron chi connectivity index (χ4n) is 1.90. The predicted molar refractivity (Wildman–Crippen MR) is 75.4 cm³/mol. The number of thioether (sulfide) groups is 1. The Hall–Kier alpha value is -1.16. The number of benzene rings is 1. The minimum absolute atomic E-state index is 0.853. The van der Waals surface area contributed by atoms with Gasteiger partial charge in [-0.05, 0) is 17.4 Å². The Kier molecular flexibility index (Phi) is 4.31. The van der Waals surface area contributed by atoms with Gasteiger partial charge in [0.05, 0.1) is 6.54 Å². The lowest BCUT2D eigenvalue weighted by molar-refractivity contribution is 0.534. The van der Waals surface area contributed by atoms with E-state index in [0.717, 1.165) is 31.3 Å². The number of hydrogen-bond acceptors (Lipinski definition) is 4. The molecule has 0 spiro atoms. The van der Waals surface area contributed by atoms with E-state index < -0.39 is 0 Å². The molecular formula is C13H19N3S. The fourth-order valence-corrected chi connectivity index (χ4v) is 2.41. The summed E-state index contributed by atoms with van der Waals surface area (Å²) in [6.45, 7) is 2.78. The van der Waals surface area contributed by atoms with Crippen LogP contribution in [0.25, 0.3) is 0 Å². The first-order valence-corrected chi connectivity index (χ1v) is 7.25. The maximum Gasteiger partial charge on any atom is 0.194 e. The van der Waals surface area contributed by atoms with Crippen molar-refractivity contribution in [3.8, 4) is 0 Å². The third kappa shape index (κ3) is 3.40. The molecule has 0 fully saturated rings. The van der Waals surface area contributed by atoms with E-state index in [0.29, 0.717) is 0 Å². The van der Waals surface area contributed by atoms with E-state index in [2.05, 4.69) is 52.8 Å². The smallest absolute Gasteiger partial charge is 0.194 e. The van der Waals surface area contributed by atoms with Crippen LogP contribution in [-0.2, 0) is 12.3 Å². The van der Waals surface area contributed by atoms with Gasteiger partial charge in [-0.2, -0.15) is 11.8 Å². The quantitative estimate of drug-likeness (QED) is 0.884. The molecule has 0 aromatic heterocycles. The van der Waals surface area contributed by atoms with E-state index in [1.54, 1.807) is 0 Å². The van der Waals surface area contributed by atoms with Crippen LogP contribution in [0.15, 0.2) is 29.3 Å². The fraction of sp³-hybridized carbons (Fsp3) is 0.462. The lowest BCUT2D eigenvalue weighted by Crippen LogP contribution is -2.35. The Morgan fingerprint density at radius 2 is 2.24 bits per heavy atom. The number of hydrogen-bond donors (Lipinski definition) is 1. The summed E-state index contributed by atoms with van der Waals surface area (Å²) in [7, 11) is 2.07. The number of rotatable bonds is 4. The minimum Gasteiger partial charge on any atom is -0.352 e. The van der Waals surface area contributed by atoms with Gasteiger partial charge in [-0.1, -0.05) is 24.3 Å². The van der Waals surface area contributed by atoms with E-state index >= 15 is 0 Å². The van der Waals surface area contributed by atoms with Crippen molar-refractivity contribution in [2.45, 2.75) is 12.3 Å². The summed E-state index contributed by atoms with van der Waals surface area (Å²) in [6.07, 6.45) is 2.13. The number of nitrogens with one attached hydrogen (secondary N) is 1. The number of aliphatic imine (C=N–C) groups is 1. The molecule has 1 aromatic carbocycles. The highest BCUT2D eigenvalue weighted by atomic mass is 32.2. The normalized spacial score (nSPS) is 14.9. The van der Waals surface area contributed by atoms with E-state index in [1.807, 2.05) is 11.8 Å². The Morgan fingerprint density at radius 3 is 2.94 bits per heavy atom. The highest BCUT2D eigenvalue weighted by molar-refractivity contribution is 7.97.